The van der Waals surface area contributed by atoms with E-state index in [0.29, 0.717) is 58.8 Å². The number of nitro benzene ring substituents is 1. The van der Waals surface area contributed by atoms with Crippen LogP contribution in [0.5, 0.6) is 0 Å². The Kier molecular flexibility index (Phi) is 7.40. The summed E-state index contributed by atoms with van der Waals surface area (Å²) in [5, 5.41) is 13.8. The van der Waals surface area contributed by atoms with Crippen LogP contribution in [0, 0.1) is 16.0 Å². The van der Waals surface area contributed by atoms with Crippen LogP contribution < -0.4 is 5.32 Å². The fraction of sp³-hybridized carbons (Fsp3) is 0.600. The Morgan fingerprint density at radius 1 is 1.14 bits per heavy atom. The van der Waals surface area contributed by atoms with Crippen LogP contribution in [0.2, 0.25) is 0 Å². The van der Waals surface area contributed by atoms with Crippen LogP contribution in [0.1, 0.15) is 25.7 Å². The highest BCUT2D eigenvalue weighted by molar-refractivity contribution is 5.81. The molecule has 2 aliphatic rings. The van der Waals surface area contributed by atoms with Crippen molar-refractivity contribution in [1.29, 1.82) is 0 Å². The number of amides is 2. The van der Waals surface area contributed by atoms with Gasteiger partial charge in [0.15, 0.2) is 0 Å². The fourth-order valence-electron chi connectivity index (χ4n) is 3.78. The number of ether oxygens (including phenoxy) is 1. The van der Waals surface area contributed by atoms with Gasteiger partial charge in [-0.25, -0.2) is 0 Å². The van der Waals surface area contributed by atoms with E-state index in [4.69, 9.17) is 4.74 Å². The molecule has 0 unspecified atom stereocenters. The molecule has 2 fully saturated rings. The monoisotopic (exact) mass is 404 g/mol. The van der Waals surface area contributed by atoms with Gasteiger partial charge in [0.25, 0.3) is 5.69 Å². The van der Waals surface area contributed by atoms with E-state index in [0.717, 1.165) is 18.5 Å². The molecule has 0 bridgehead atoms. The van der Waals surface area contributed by atoms with Gasteiger partial charge in [-0.3, -0.25) is 19.7 Å². The highest BCUT2D eigenvalue weighted by Gasteiger charge is 2.31. The molecule has 9 nitrogen and oxygen atoms in total. The largest absolute Gasteiger partial charge is 0.385 e. The third kappa shape index (κ3) is 5.90. The second-order valence-electron chi connectivity index (χ2n) is 7.45. The maximum atomic E-state index is 12.7. The summed E-state index contributed by atoms with van der Waals surface area (Å²) in [6.07, 6.45) is 2.77. The Bertz CT molecular complexity index is 718. The number of hydrogen-bond acceptors (Lipinski definition) is 6. The van der Waals surface area contributed by atoms with Crippen LogP contribution in [0.25, 0.3) is 0 Å². The van der Waals surface area contributed by atoms with Crippen LogP contribution in [0.3, 0.4) is 0 Å². The molecule has 158 valence electrons. The molecule has 1 aromatic carbocycles. The van der Waals surface area contributed by atoms with Crippen LogP contribution >= 0.6 is 0 Å². The van der Waals surface area contributed by atoms with Crippen LogP contribution in [0.15, 0.2) is 24.3 Å². The number of nitrogens with zero attached hydrogens (tertiary/aromatic N) is 3. The molecule has 0 radical (unpaired) electrons. The van der Waals surface area contributed by atoms with Gasteiger partial charge in [0.05, 0.1) is 24.1 Å². The molecule has 3 rings (SSSR count). The summed E-state index contributed by atoms with van der Waals surface area (Å²) in [5.41, 5.74) is 0.842. The summed E-state index contributed by atoms with van der Waals surface area (Å²) >= 11 is 0. The number of hydrogen-bond donors (Lipinski definition) is 1. The Labute approximate surface area is 170 Å². The number of likely N-dealkylation sites (tertiary alicyclic amines) is 1. The van der Waals surface area contributed by atoms with Gasteiger partial charge in [-0.2, -0.15) is 0 Å². The first-order valence-electron chi connectivity index (χ1n) is 10.2. The van der Waals surface area contributed by atoms with E-state index < -0.39 is 4.92 Å². The van der Waals surface area contributed by atoms with Crippen LogP contribution in [-0.4, -0.2) is 72.5 Å². The lowest BCUT2D eigenvalue weighted by Crippen LogP contribution is -2.49. The second-order valence-corrected chi connectivity index (χ2v) is 7.45. The third-order valence-corrected chi connectivity index (χ3v) is 5.42. The number of nitro groups is 1. The van der Waals surface area contributed by atoms with Crippen LogP contribution in [-0.2, 0) is 14.3 Å². The molecule has 1 atom stereocenters. The van der Waals surface area contributed by atoms with E-state index in [-0.39, 0.29) is 23.4 Å². The molecular formula is C20H28N4O5. The Hall–Kier alpha value is -2.68. The summed E-state index contributed by atoms with van der Waals surface area (Å²) in [6, 6.07) is 6.22. The Morgan fingerprint density at radius 2 is 1.86 bits per heavy atom. The summed E-state index contributed by atoms with van der Waals surface area (Å²) in [5.74, 6) is 0.115. The van der Waals surface area contributed by atoms with E-state index in [1.807, 2.05) is 9.80 Å². The normalized spacial score (nSPS) is 19.7. The number of benzene rings is 1. The second kappa shape index (κ2) is 10.2. The Balaban J connectivity index is 1.39. The number of carbonyl (C=O) groups is 2. The number of non-ortho nitro benzene ring substituents is 1. The lowest BCUT2D eigenvalue weighted by atomic mass is 9.96. The van der Waals surface area contributed by atoms with Gasteiger partial charge < -0.3 is 19.9 Å². The van der Waals surface area contributed by atoms with Crippen molar-refractivity contribution in [3.63, 3.8) is 0 Å². The number of carbonyl (C=O) groups excluding carboxylic acids is 2. The average Bonchev–Trinajstić information content (AvgIpc) is 2.77. The first kappa shape index (κ1) is 21.0. The topological polar surface area (TPSA) is 105 Å². The van der Waals surface area contributed by atoms with Crippen molar-refractivity contribution in [3.05, 3.63) is 34.4 Å². The van der Waals surface area contributed by atoms with Gasteiger partial charge in [-0.1, -0.05) is 0 Å². The van der Waals surface area contributed by atoms with Gasteiger partial charge in [0.2, 0.25) is 11.8 Å². The molecule has 0 aliphatic carbocycles. The first-order chi connectivity index (χ1) is 14.0. The van der Waals surface area contributed by atoms with E-state index in [9.17, 15) is 19.7 Å². The zero-order chi connectivity index (χ0) is 20.6. The summed E-state index contributed by atoms with van der Waals surface area (Å²) in [7, 11) is 0. The first-order valence-corrected chi connectivity index (χ1v) is 10.2. The third-order valence-electron chi connectivity index (χ3n) is 5.42. The van der Waals surface area contributed by atoms with Gasteiger partial charge in [-0.05, 0) is 31.4 Å². The molecule has 1 N–H and O–H groups in total. The molecule has 0 aromatic heterocycles. The summed E-state index contributed by atoms with van der Waals surface area (Å²) in [4.78, 5) is 39.1. The molecular weight excluding hydrogens is 376 g/mol. The minimum Gasteiger partial charge on any atom is -0.385 e. The molecule has 2 aliphatic heterocycles. The average molecular weight is 404 g/mol. The van der Waals surface area contributed by atoms with Crippen molar-refractivity contribution in [2.45, 2.75) is 25.7 Å². The van der Waals surface area contributed by atoms with Crippen molar-refractivity contribution in [2.75, 3.05) is 51.3 Å². The molecule has 1 aromatic rings. The quantitative estimate of drug-likeness (QED) is 0.423. The highest BCUT2D eigenvalue weighted by Crippen LogP contribution is 2.21. The smallest absolute Gasteiger partial charge is 0.269 e. The standard InChI is InChI=1S/C20H28N4O5/c25-19(4-1-9-21-17-5-7-18(8-6-17)24(27)28)23-10-2-3-16(15-23)20(26)22-11-13-29-14-12-22/h5-8,16,21H,1-4,9-15H2/t16-/m0/s1. The number of piperidine rings is 1. The summed E-state index contributed by atoms with van der Waals surface area (Å²) < 4.78 is 5.31. The minimum absolute atomic E-state index is 0.0528. The van der Waals surface area contributed by atoms with Gasteiger partial charge >= 0.3 is 0 Å². The number of nitrogens with one attached hydrogen (secondary N) is 1. The van der Waals surface area contributed by atoms with Gasteiger partial charge in [0, 0.05) is 57.0 Å². The molecule has 0 spiro atoms. The molecule has 0 saturated carbocycles. The fourth-order valence-corrected chi connectivity index (χ4v) is 3.78. The Morgan fingerprint density at radius 3 is 2.55 bits per heavy atom. The molecule has 29 heavy (non-hydrogen) atoms. The van der Waals surface area contributed by atoms with E-state index >= 15 is 0 Å². The lowest BCUT2D eigenvalue weighted by molar-refractivity contribution is -0.384. The lowest BCUT2D eigenvalue weighted by Gasteiger charge is -2.36. The maximum absolute atomic E-state index is 12.7. The predicted octanol–water partition coefficient (Wildman–Crippen LogP) is 1.88. The molecule has 9 heteroatoms. The summed E-state index contributed by atoms with van der Waals surface area (Å²) in [6.45, 7) is 4.26. The maximum Gasteiger partial charge on any atom is 0.269 e. The SMILES string of the molecule is O=C(CCCNc1ccc([N+](=O)[O-])cc1)N1CCC[C@H](C(=O)N2CCOCC2)C1. The van der Waals surface area contributed by atoms with Gasteiger partial charge in [-0.15, -0.1) is 0 Å². The predicted molar refractivity (Wildman–Crippen MR) is 108 cm³/mol. The van der Waals surface area contributed by atoms with Crippen molar-refractivity contribution in [1.82, 2.24) is 9.80 Å². The van der Waals surface area contributed by atoms with Crippen LogP contribution in [0.4, 0.5) is 11.4 Å². The molecule has 2 saturated heterocycles. The van der Waals surface area contributed by atoms with E-state index in [2.05, 4.69) is 5.32 Å². The van der Waals surface area contributed by atoms with Crippen molar-refractivity contribution in [3.8, 4) is 0 Å². The number of anilines is 1. The van der Waals surface area contributed by atoms with E-state index in [1.165, 1.54) is 12.1 Å². The number of rotatable bonds is 7. The molecule has 2 amide bonds. The molecule has 2 heterocycles. The minimum atomic E-state index is -0.432. The van der Waals surface area contributed by atoms with E-state index in [1.54, 1.807) is 12.1 Å². The van der Waals surface area contributed by atoms with Gasteiger partial charge in [0.1, 0.15) is 0 Å². The van der Waals surface area contributed by atoms with Crippen molar-refractivity contribution < 1.29 is 19.2 Å². The zero-order valence-corrected chi connectivity index (χ0v) is 16.5. The number of morpholine rings is 1. The zero-order valence-electron chi connectivity index (χ0n) is 16.5. The van der Waals surface area contributed by atoms with Crippen molar-refractivity contribution >= 4 is 23.2 Å². The highest BCUT2D eigenvalue weighted by atomic mass is 16.6. The van der Waals surface area contributed by atoms with Crippen molar-refractivity contribution in [2.24, 2.45) is 5.92 Å².